The number of nitrogens with one attached hydrogen (secondary N) is 2. The first-order valence-electron chi connectivity index (χ1n) is 7.57. The third kappa shape index (κ3) is 3.41. The molecular formula is C19H17N3O. The van der Waals surface area contributed by atoms with Crippen LogP contribution in [-0.4, -0.2) is 17.4 Å². The molecule has 4 nitrogen and oxygen atoms in total. The fraction of sp³-hybridized carbons (Fsp3) is 0.158. The Kier molecular flexibility index (Phi) is 4.39. The Morgan fingerprint density at radius 2 is 1.91 bits per heavy atom. The molecule has 1 aromatic heterocycles. The number of carbonyl (C=O) groups is 1. The van der Waals surface area contributed by atoms with Gasteiger partial charge in [-0.15, -0.1) is 0 Å². The Morgan fingerprint density at radius 3 is 2.70 bits per heavy atom. The van der Waals surface area contributed by atoms with E-state index in [1.807, 2.05) is 36.5 Å². The summed E-state index contributed by atoms with van der Waals surface area (Å²) in [5, 5.41) is 12.8. The number of nitrogens with zero attached hydrogens (tertiary/aromatic N) is 1. The first-order chi connectivity index (χ1) is 11.3. The topological polar surface area (TPSA) is 68.7 Å². The molecule has 4 heteroatoms. The number of rotatable bonds is 5. The van der Waals surface area contributed by atoms with Crippen LogP contribution < -0.4 is 5.32 Å². The van der Waals surface area contributed by atoms with Crippen LogP contribution in [0.25, 0.3) is 10.9 Å². The number of fused-ring (bicyclic) bond motifs is 1. The zero-order chi connectivity index (χ0) is 16.1. The van der Waals surface area contributed by atoms with Gasteiger partial charge < -0.3 is 10.3 Å². The molecule has 0 atom stereocenters. The molecule has 0 fully saturated rings. The number of para-hydroxylation sites is 1. The van der Waals surface area contributed by atoms with Crippen LogP contribution in [-0.2, 0) is 12.8 Å². The maximum absolute atomic E-state index is 12.1. The zero-order valence-electron chi connectivity index (χ0n) is 12.7. The van der Waals surface area contributed by atoms with Crippen LogP contribution in [0, 0.1) is 11.3 Å². The average Bonchev–Trinajstić information content (AvgIpc) is 2.99. The summed E-state index contributed by atoms with van der Waals surface area (Å²) in [4.78, 5) is 15.4. The summed E-state index contributed by atoms with van der Waals surface area (Å²) < 4.78 is 0. The van der Waals surface area contributed by atoms with E-state index >= 15 is 0 Å². The summed E-state index contributed by atoms with van der Waals surface area (Å²) in [6.07, 6.45) is 3.14. The van der Waals surface area contributed by atoms with E-state index in [9.17, 15) is 4.79 Å². The average molecular weight is 303 g/mol. The van der Waals surface area contributed by atoms with E-state index < -0.39 is 0 Å². The van der Waals surface area contributed by atoms with Crippen molar-refractivity contribution >= 4 is 16.8 Å². The van der Waals surface area contributed by atoms with Crippen LogP contribution in [0.5, 0.6) is 0 Å². The molecule has 0 saturated carbocycles. The summed E-state index contributed by atoms with van der Waals surface area (Å²) in [5.74, 6) is -0.0895. The van der Waals surface area contributed by atoms with E-state index in [4.69, 9.17) is 5.26 Å². The molecule has 3 rings (SSSR count). The van der Waals surface area contributed by atoms with Crippen LogP contribution in [0.4, 0.5) is 0 Å². The van der Waals surface area contributed by atoms with Crippen molar-refractivity contribution in [2.45, 2.75) is 12.8 Å². The van der Waals surface area contributed by atoms with Gasteiger partial charge >= 0.3 is 0 Å². The van der Waals surface area contributed by atoms with Gasteiger partial charge in [0.15, 0.2) is 0 Å². The molecule has 1 heterocycles. The smallest absolute Gasteiger partial charge is 0.251 e. The molecule has 0 spiro atoms. The van der Waals surface area contributed by atoms with E-state index in [2.05, 4.69) is 22.4 Å². The fourth-order valence-corrected chi connectivity index (χ4v) is 2.62. The van der Waals surface area contributed by atoms with Crippen molar-refractivity contribution < 1.29 is 4.79 Å². The molecule has 0 radical (unpaired) electrons. The summed E-state index contributed by atoms with van der Waals surface area (Å²) >= 11 is 0. The number of nitriles is 1. The van der Waals surface area contributed by atoms with Crippen molar-refractivity contribution in [3.63, 3.8) is 0 Å². The molecule has 3 aromatic rings. The maximum Gasteiger partial charge on any atom is 0.251 e. The minimum Gasteiger partial charge on any atom is -0.361 e. The normalized spacial score (nSPS) is 10.4. The zero-order valence-corrected chi connectivity index (χ0v) is 12.7. The first kappa shape index (κ1) is 14.9. The van der Waals surface area contributed by atoms with E-state index in [-0.39, 0.29) is 5.91 Å². The van der Waals surface area contributed by atoms with Crippen LogP contribution in [0.15, 0.2) is 54.7 Å². The van der Waals surface area contributed by atoms with Crippen LogP contribution in [0.1, 0.15) is 21.5 Å². The van der Waals surface area contributed by atoms with Crippen molar-refractivity contribution in [1.82, 2.24) is 10.3 Å². The second-order valence-corrected chi connectivity index (χ2v) is 5.40. The van der Waals surface area contributed by atoms with Crippen molar-refractivity contribution in [2.24, 2.45) is 0 Å². The minimum absolute atomic E-state index is 0.0895. The molecule has 2 aromatic carbocycles. The Balaban J connectivity index is 1.58. The standard InChI is InChI=1S/C19H17N3O/c20-11-9-14-5-7-15(8-6-14)19(23)21-12-10-16-13-22-18-4-2-1-3-17(16)18/h1-8,13,22H,9-10,12H2,(H,21,23). The molecule has 0 bridgehead atoms. The molecule has 1 amide bonds. The predicted octanol–water partition coefficient (Wildman–Crippen LogP) is 3.21. The molecular weight excluding hydrogens is 286 g/mol. The Labute approximate surface area is 134 Å². The van der Waals surface area contributed by atoms with E-state index in [1.165, 1.54) is 10.9 Å². The van der Waals surface area contributed by atoms with E-state index in [1.54, 1.807) is 12.1 Å². The molecule has 23 heavy (non-hydrogen) atoms. The van der Waals surface area contributed by atoms with Gasteiger partial charge in [0.05, 0.1) is 12.5 Å². The molecule has 0 aliphatic carbocycles. The lowest BCUT2D eigenvalue weighted by Crippen LogP contribution is -2.25. The maximum atomic E-state index is 12.1. The van der Waals surface area contributed by atoms with Crippen LogP contribution >= 0.6 is 0 Å². The largest absolute Gasteiger partial charge is 0.361 e. The van der Waals surface area contributed by atoms with Crippen LogP contribution in [0.3, 0.4) is 0 Å². The third-order valence-corrected chi connectivity index (χ3v) is 3.85. The monoisotopic (exact) mass is 303 g/mol. The fourth-order valence-electron chi connectivity index (χ4n) is 2.62. The number of hydrogen-bond donors (Lipinski definition) is 2. The van der Waals surface area contributed by atoms with Gasteiger partial charge in [0, 0.05) is 29.2 Å². The van der Waals surface area contributed by atoms with Gasteiger partial charge in [-0.25, -0.2) is 0 Å². The third-order valence-electron chi connectivity index (χ3n) is 3.85. The molecule has 0 unspecified atom stereocenters. The molecule has 2 N–H and O–H groups in total. The van der Waals surface area contributed by atoms with Crippen LogP contribution in [0.2, 0.25) is 0 Å². The minimum atomic E-state index is -0.0895. The summed E-state index contributed by atoms with van der Waals surface area (Å²) in [5.41, 5.74) is 3.85. The lowest BCUT2D eigenvalue weighted by atomic mass is 10.1. The summed E-state index contributed by atoms with van der Waals surface area (Å²) in [7, 11) is 0. The van der Waals surface area contributed by atoms with Gasteiger partial charge in [-0.2, -0.15) is 5.26 Å². The first-order valence-corrected chi connectivity index (χ1v) is 7.57. The lowest BCUT2D eigenvalue weighted by Gasteiger charge is -2.05. The Bertz CT molecular complexity index is 856. The molecule has 114 valence electrons. The highest BCUT2D eigenvalue weighted by molar-refractivity contribution is 5.94. The van der Waals surface area contributed by atoms with Gasteiger partial charge in [0.1, 0.15) is 0 Å². The predicted molar refractivity (Wildman–Crippen MR) is 90.1 cm³/mol. The Hall–Kier alpha value is -3.06. The highest BCUT2D eigenvalue weighted by Crippen LogP contribution is 2.17. The second-order valence-electron chi connectivity index (χ2n) is 5.40. The Morgan fingerprint density at radius 1 is 1.13 bits per heavy atom. The lowest BCUT2D eigenvalue weighted by molar-refractivity contribution is 0.0954. The van der Waals surface area contributed by atoms with Crippen molar-refractivity contribution in [1.29, 1.82) is 5.26 Å². The quantitative estimate of drug-likeness (QED) is 0.760. The van der Waals surface area contributed by atoms with E-state index in [0.29, 0.717) is 18.5 Å². The summed E-state index contributed by atoms with van der Waals surface area (Å²) in [6, 6.07) is 17.4. The number of aromatic amines is 1. The van der Waals surface area contributed by atoms with Gasteiger partial charge in [-0.1, -0.05) is 30.3 Å². The van der Waals surface area contributed by atoms with Crippen molar-refractivity contribution in [3.05, 3.63) is 71.4 Å². The molecule has 0 aliphatic heterocycles. The number of aromatic nitrogens is 1. The highest BCUT2D eigenvalue weighted by atomic mass is 16.1. The number of hydrogen-bond acceptors (Lipinski definition) is 2. The molecule has 0 aliphatic rings. The number of amides is 1. The number of carbonyl (C=O) groups excluding carboxylic acids is 1. The second kappa shape index (κ2) is 6.80. The van der Waals surface area contributed by atoms with Crippen molar-refractivity contribution in [3.8, 4) is 6.07 Å². The molecule has 0 saturated heterocycles. The van der Waals surface area contributed by atoms with Gasteiger partial charge in [0.25, 0.3) is 5.91 Å². The van der Waals surface area contributed by atoms with Gasteiger partial charge in [0.2, 0.25) is 0 Å². The number of benzene rings is 2. The number of H-pyrrole nitrogens is 1. The van der Waals surface area contributed by atoms with E-state index in [0.717, 1.165) is 17.5 Å². The van der Waals surface area contributed by atoms with Gasteiger partial charge in [-0.3, -0.25) is 4.79 Å². The SMILES string of the molecule is N#CCc1ccc(C(=O)NCCc2c[nH]c3ccccc23)cc1. The highest BCUT2D eigenvalue weighted by Gasteiger charge is 2.06. The van der Waals surface area contributed by atoms with Crippen molar-refractivity contribution in [2.75, 3.05) is 6.54 Å². The summed E-state index contributed by atoms with van der Waals surface area (Å²) in [6.45, 7) is 0.584. The van der Waals surface area contributed by atoms with Gasteiger partial charge in [-0.05, 0) is 35.7 Å².